The zero-order chi connectivity index (χ0) is 13.8. The van der Waals surface area contributed by atoms with E-state index >= 15 is 0 Å². The molecule has 0 spiro atoms. The van der Waals surface area contributed by atoms with Crippen molar-refractivity contribution in [1.82, 2.24) is 10.2 Å². The second-order valence-corrected chi connectivity index (χ2v) is 3.61. The Morgan fingerprint density at radius 1 is 1.00 bits per heavy atom. The standard InChI is InChI=1S/C12H15N3O4/c1-16-8-5-10(18-3)9(17-2)4-7(8)12-15-14-11(6-13)19-12/h4-5H,6,13H2,1-3H3. The van der Waals surface area contributed by atoms with Crippen molar-refractivity contribution < 1.29 is 18.6 Å². The molecule has 0 saturated carbocycles. The Morgan fingerprint density at radius 2 is 1.63 bits per heavy atom. The van der Waals surface area contributed by atoms with Crippen LogP contribution in [0.2, 0.25) is 0 Å². The van der Waals surface area contributed by atoms with Gasteiger partial charge in [-0.2, -0.15) is 0 Å². The molecule has 0 aliphatic rings. The number of hydrogen-bond acceptors (Lipinski definition) is 7. The van der Waals surface area contributed by atoms with Gasteiger partial charge in [-0.15, -0.1) is 10.2 Å². The van der Waals surface area contributed by atoms with E-state index in [0.717, 1.165) is 0 Å². The largest absolute Gasteiger partial charge is 0.496 e. The number of aromatic nitrogens is 2. The van der Waals surface area contributed by atoms with Gasteiger partial charge in [-0.05, 0) is 0 Å². The highest BCUT2D eigenvalue weighted by atomic mass is 16.5. The number of methoxy groups -OCH3 is 3. The number of nitrogens with two attached hydrogens (primary N) is 1. The molecule has 2 rings (SSSR count). The molecular weight excluding hydrogens is 250 g/mol. The number of nitrogens with zero attached hydrogens (tertiary/aromatic N) is 2. The van der Waals surface area contributed by atoms with Crippen LogP contribution in [-0.4, -0.2) is 31.5 Å². The lowest BCUT2D eigenvalue weighted by Gasteiger charge is -2.11. The number of rotatable bonds is 5. The van der Waals surface area contributed by atoms with Gasteiger partial charge in [-0.25, -0.2) is 0 Å². The normalized spacial score (nSPS) is 10.3. The molecule has 0 atom stereocenters. The van der Waals surface area contributed by atoms with Crippen LogP contribution in [0.1, 0.15) is 5.89 Å². The first-order chi connectivity index (χ1) is 9.23. The maximum atomic E-state index is 5.44. The molecule has 2 N–H and O–H groups in total. The van der Waals surface area contributed by atoms with Gasteiger partial charge < -0.3 is 24.4 Å². The summed E-state index contributed by atoms with van der Waals surface area (Å²) in [5, 5.41) is 7.74. The first-order valence-corrected chi connectivity index (χ1v) is 5.56. The summed E-state index contributed by atoms with van der Waals surface area (Å²) in [6.07, 6.45) is 0. The molecule has 19 heavy (non-hydrogen) atoms. The second-order valence-electron chi connectivity index (χ2n) is 3.61. The van der Waals surface area contributed by atoms with Crippen molar-refractivity contribution in [3.05, 3.63) is 18.0 Å². The fourth-order valence-corrected chi connectivity index (χ4v) is 1.64. The van der Waals surface area contributed by atoms with Gasteiger partial charge in [0.05, 0.1) is 33.4 Å². The van der Waals surface area contributed by atoms with Crippen LogP contribution in [0.5, 0.6) is 17.2 Å². The Kier molecular flexibility index (Phi) is 3.86. The molecule has 102 valence electrons. The van der Waals surface area contributed by atoms with Crippen molar-refractivity contribution in [2.75, 3.05) is 21.3 Å². The summed E-state index contributed by atoms with van der Waals surface area (Å²) in [6, 6.07) is 3.41. The van der Waals surface area contributed by atoms with Crippen LogP contribution < -0.4 is 19.9 Å². The molecule has 0 aliphatic heterocycles. The van der Waals surface area contributed by atoms with Gasteiger partial charge in [-0.1, -0.05) is 0 Å². The number of ether oxygens (including phenoxy) is 3. The van der Waals surface area contributed by atoms with Crippen LogP contribution in [0, 0.1) is 0 Å². The van der Waals surface area contributed by atoms with Gasteiger partial charge >= 0.3 is 0 Å². The highest BCUT2D eigenvalue weighted by Gasteiger charge is 2.17. The maximum Gasteiger partial charge on any atom is 0.251 e. The third-order valence-electron chi connectivity index (χ3n) is 2.58. The Bertz CT molecular complexity index is 568. The number of hydrogen-bond donors (Lipinski definition) is 1. The molecule has 2 aromatic rings. The minimum atomic E-state index is 0.183. The summed E-state index contributed by atoms with van der Waals surface area (Å²) in [5.74, 6) is 2.32. The van der Waals surface area contributed by atoms with E-state index < -0.39 is 0 Å². The lowest BCUT2D eigenvalue weighted by atomic mass is 10.1. The zero-order valence-corrected chi connectivity index (χ0v) is 11.0. The zero-order valence-electron chi connectivity index (χ0n) is 11.0. The molecular formula is C12H15N3O4. The van der Waals surface area contributed by atoms with Crippen molar-refractivity contribution in [3.63, 3.8) is 0 Å². The minimum Gasteiger partial charge on any atom is -0.496 e. The molecule has 0 bridgehead atoms. The van der Waals surface area contributed by atoms with E-state index in [9.17, 15) is 0 Å². The minimum absolute atomic E-state index is 0.183. The summed E-state index contributed by atoms with van der Waals surface area (Å²) in [6.45, 7) is 0.183. The summed E-state index contributed by atoms with van der Waals surface area (Å²) >= 11 is 0. The van der Waals surface area contributed by atoms with E-state index in [0.29, 0.717) is 34.6 Å². The van der Waals surface area contributed by atoms with Gasteiger partial charge in [-0.3, -0.25) is 0 Å². The van der Waals surface area contributed by atoms with Crippen LogP contribution in [-0.2, 0) is 6.54 Å². The molecule has 0 aliphatic carbocycles. The molecule has 7 heteroatoms. The third-order valence-corrected chi connectivity index (χ3v) is 2.58. The fraction of sp³-hybridized carbons (Fsp3) is 0.333. The first kappa shape index (κ1) is 13.2. The quantitative estimate of drug-likeness (QED) is 0.868. The van der Waals surface area contributed by atoms with Crippen molar-refractivity contribution in [2.24, 2.45) is 5.73 Å². The molecule has 0 unspecified atom stereocenters. The molecule has 0 radical (unpaired) electrons. The van der Waals surface area contributed by atoms with E-state index in [2.05, 4.69) is 10.2 Å². The monoisotopic (exact) mass is 265 g/mol. The fourth-order valence-electron chi connectivity index (χ4n) is 1.64. The van der Waals surface area contributed by atoms with Gasteiger partial charge in [0.25, 0.3) is 5.89 Å². The van der Waals surface area contributed by atoms with Crippen LogP contribution in [0.4, 0.5) is 0 Å². The van der Waals surface area contributed by atoms with E-state index in [1.54, 1.807) is 33.5 Å². The summed E-state index contributed by atoms with van der Waals surface area (Å²) < 4.78 is 21.1. The van der Waals surface area contributed by atoms with Gasteiger partial charge in [0.15, 0.2) is 11.5 Å². The molecule has 0 saturated heterocycles. The highest BCUT2D eigenvalue weighted by molar-refractivity contribution is 5.68. The molecule has 1 aromatic carbocycles. The smallest absolute Gasteiger partial charge is 0.251 e. The average Bonchev–Trinajstić information content (AvgIpc) is 2.94. The van der Waals surface area contributed by atoms with Gasteiger partial charge in [0.1, 0.15) is 5.75 Å². The topological polar surface area (TPSA) is 92.6 Å². The summed E-state index contributed by atoms with van der Waals surface area (Å²) in [7, 11) is 4.65. The molecule has 0 amide bonds. The second kappa shape index (κ2) is 5.57. The summed E-state index contributed by atoms with van der Waals surface area (Å²) in [4.78, 5) is 0. The Balaban J connectivity index is 2.54. The van der Waals surface area contributed by atoms with Crippen molar-refractivity contribution in [3.8, 4) is 28.7 Å². The summed E-state index contributed by atoms with van der Waals surface area (Å²) in [5.41, 5.74) is 6.06. The Morgan fingerprint density at radius 3 is 2.16 bits per heavy atom. The lowest BCUT2D eigenvalue weighted by Crippen LogP contribution is -1.95. The van der Waals surface area contributed by atoms with Gasteiger partial charge in [0.2, 0.25) is 5.89 Å². The van der Waals surface area contributed by atoms with Crippen molar-refractivity contribution in [2.45, 2.75) is 6.54 Å². The predicted molar refractivity (Wildman–Crippen MR) is 67.3 cm³/mol. The first-order valence-electron chi connectivity index (χ1n) is 5.56. The molecule has 1 heterocycles. The van der Waals surface area contributed by atoms with E-state index in [4.69, 9.17) is 24.4 Å². The van der Waals surface area contributed by atoms with E-state index in [-0.39, 0.29) is 6.54 Å². The van der Waals surface area contributed by atoms with Crippen LogP contribution in [0.15, 0.2) is 16.5 Å². The Hall–Kier alpha value is -2.28. The highest BCUT2D eigenvalue weighted by Crippen LogP contribution is 2.39. The van der Waals surface area contributed by atoms with Crippen LogP contribution in [0.3, 0.4) is 0 Å². The molecule has 0 fully saturated rings. The van der Waals surface area contributed by atoms with Crippen molar-refractivity contribution in [1.29, 1.82) is 0 Å². The number of benzene rings is 1. The third kappa shape index (κ3) is 2.45. The molecule has 1 aromatic heterocycles. The maximum absolute atomic E-state index is 5.44. The van der Waals surface area contributed by atoms with E-state index in [1.807, 2.05) is 0 Å². The van der Waals surface area contributed by atoms with E-state index in [1.165, 1.54) is 0 Å². The van der Waals surface area contributed by atoms with Crippen molar-refractivity contribution >= 4 is 0 Å². The molecule has 7 nitrogen and oxygen atoms in total. The predicted octanol–water partition coefficient (Wildman–Crippen LogP) is 1.22. The van der Waals surface area contributed by atoms with Crippen LogP contribution >= 0.6 is 0 Å². The lowest BCUT2D eigenvalue weighted by molar-refractivity contribution is 0.349. The Labute approximate surface area is 110 Å². The van der Waals surface area contributed by atoms with Crippen LogP contribution in [0.25, 0.3) is 11.5 Å². The average molecular weight is 265 g/mol. The SMILES string of the molecule is COc1cc(OC)c(-c2nnc(CN)o2)cc1OC. The van der Waals surface area contributed by atoms with Gasteiger partial charge in [0, 0.05) is 12.1 Å².